The topological polar surface area (TPSA) is 69.9 Å². The van der Waals surface area contributed by atoms with Gasteiger partial charge in [0.1, 0.15) is 12.1 Å². The van der Waals surface area contributed by atoms with Crippen molar-refractivity contribution in [2.75, 3.05) is 13.7 Å². The molecule has 0 saturated heterocycles. The van der Waals surface area contributed by atoms with Crippen LogP contribution in [0.1, 0.15) is 33.3 Å². The Kier molecular flexibility index (Phi) is 5.86. The maximum Gasteiger partial charge on any atom is 0.340 e. The maximum atomic E-state index is 13.2. The quantitative estimate of drug-likeness (QED) is 0.282. The summed E-state index contributed by atoms with van der Waals surface area (Å²) in [6.45, 7) is 1.98. The van der Waals surface area contributed by atoms with Crippen LogP contribution in [0.15, 0.2) is 71.5 Å². The number of rotatable bonds is 6. The number of benzene rings is 2. The lowest BCUT2D eigenvalue weighted by atomic mass is 10.1. The first kappa shape index (κ1) is 20.8. The molecule has 0 spiro atoms. The summed E-state index contributed by atoms with van der Waals surface area (Å²) in [7, 11) is 1.61. The van der Waals surface area contributed by atoms with Crippen molar-refractivity contribution in [2.45, 2.75) is 6.92 Å². The number of nitrogens with zero attached hydrogens (tertiary/aromatic N) is 2. The number of esters is 1. The minimum Gasteiger partial charge on any atom is -0.497 e. The Balaban J connectivity index is 1.84. The molecule has 4 rings (SSSR count). The molecule has 0 N–H and O–H groups in total. The fourth-order valence-corrected chi connectivity index (χ4v) is 3.58. The van der Waals surface area contributed by atoms with Crippen molar-refractivity contribution in [1.29, 1.82) is 0 Å². The number of hydrogen-bond donors (Lipinski definition) is 0. The van der Waals surface area contributed by atoms with Gasteiger partial charge in [-0.2, -0.15) is 0 Å². The van der Waals surface area contributed by atoms with Gasteiger partial charge >= 0.3 is 5.97 Å². The molecule has 0 bridgehead atoms. The van der Waals surface area contributed by atoms with Crippen LogP contribution >= 0.6 is 15.9 Å². The fourth-order valence-electron chi connectivity index (χ4n) is 3.31. The highest BCUT2D eigenvalue weighted by Gasteiger charge is 2.22. The molecule has 0 amide bonds. The van der Waals surface area contributed by atoms with Gasteiger partial charge < -0.3 is 9.47 Å². The molecule has 2 heterocycles. The molecule has 31 heavy (non-hydrogen) atoms. The molecule has 0 saturated carbocycles. The molecule has 0 fully saturated rings. The highest BCUT2D eigenvalue weighted by Crippen LogP contribution is 2.26. The molecule has 2 aromatic heterocycles. The first-order valence-electron chi connectivity index (χ1n) is 9.64. The Hall–Kier alpha value is -3.45. The van der Waals surface area contributed by atoms with Crippen LogP contribution in [0.3, 0.4) is 0 Å². The van der Waals surface area contributed by atoms with E-state index in [-0.39, 0.29) is 12.4 Å². The average molecular weight is 479 g/mol. The molecule has 0 radical (unpaired) electrons. The summed E-state index contributed by atoms with van der Waals surface area (Å²) < 4.78 is 12.9. The summed E-state index contributed by atoms with van der Waals surface area (Å²) in [6.07, 6.45) is 1.56. The van der Waals surface area contributed by atoms with Crippen molar-refractivity contribution in [1.82, 2.24) is 9.38 Å². The molecular formula is C24H19BrN2O4. The maximum absolute atomic E-state index is 13.2. The van der Waals surface area contributed by atoms with Gasteiger partial charge in [-0.25, -0.2) is 9.78 Å². The first-order chi connectivity index (χ1) is 15.0. The molecule has 2 aromatic carbocycles. The fraction of sp³-hybridized carbons (Fsp3) is 0.125. The van der Waals surface area contributed by atoms with Gasteiger partial charge in [-0.05, 0) is 67.6 Å². The van der Waals surface area contributed by atoms with Gasteiger partial charge in [0.25, 0.3) is 0 Å². The molecule has 0 aliphatic heterocycles. The van der Waals surface area contributed by atoms with E-state index in [1.54, 1.807) is 61.2 Å². The highest BCUT2D eigenvalue weighted by atomic mass is 79.9. The number of methoxy groups -OCH3 is 1. The number of aromatic nitrogens is 2. The third-order valence-corrected chi connectivity index (χ3v) is 5.41. The highest BCUT2D eigenvalue weighted by molar-refractivity contribution is 9.10. The number of ketones is 1. The standard InChI is InChI=1S/C24H19BrN2O4/c1-3-31-24(29)19-12-22(23(28)16-4-8-17(25)9-5-16)27-14-26-20(13-21(19)27)15-6-10-18(30-2)11-7-15/h4-14H,3H2,1-2H3. The van der Waals surface area contributed by atoms with Crippen molar-refractivity contribution >= 4 is 33.2 Å². The van der Waals surface area contributed by atoms with Crippen molar-refractivity contribution in [3.05, 3.63) is 88.3 Å². The number of hydrogen-bond acceptors (Lipinski definition) is 5. The van der Waals surface area contributed by atoms with Crippen LogP contribution < -0.4 is 4.74 Å². The third-order valence-electron chi connectivity index (χ3n) is 4.88. The monoisotopic (exact) mass is 478 g/mol. The molecule has 4 aromatic rings. The van der Waals surface area contributed by atoms with Crippen LogP contribution in [0.25, 0.3) is 16.8 Å². The van der Waals surface area contributed by atoms with Gasteiger partial charge in [0.15, 0.2) is 0 Å². The van der Waals surface area contributed by atoms with Crippen LogP contribution in [0.4, 0.5) is 0 Å². The van der Waals surface area contributed by atoms with E-state index < -0.39 is 5.97 Å². The third kappa shape index (κ3) is 4.09. The van der Waals surface area contributed by atoms with Gasteiger partial charge in [0.05, 0.1) is 36.2 Å². The number of halogens is 1. The minimum absolute atomic E-state index is 0.211. The normalized spacial score (nSPS) is 10.8. The zero-order valence-corrected chi connectivity index (χ0v) is 18.5. The molecule has 7 heteroatoms. The van der Waals surface area contributed by atoms with Gasteiger partial charge in [0, 0.05) is 15.6 Å². The van der Waals surface area contributed by atoms with E-state index in [4.69, 9.17) is 9.47 Å². The zero-order chi connectivity index (χ0) is 22.0. The smallest absolute Gasteiger partial charge is 0.340 e. The second-order valence-electron chi connectivity index (χ2n) is 6.76. The number of carbonyl (C=O) groups is 2. The van der Waals surface area contributed by atoms with Crippen LogP contribution in [-0.4, -0.2) is 34.9 Å². The lowest BCUT2D eigenvalue weighted by molar-refractivity contribution is 0.0529. The summed E-state index contributed by atoms with van der Waals surface area (Å²) in [5, 5.41) is 0. The predicted molar refractivity (Wildman–Crippen MR) is 121 cm³/mol. The molecule has 6 nitrogen and oxygen atoms in total. The minimum atomic E-state index is -0.485. The van der Waals surface area contributed by atoms with E-state index in [0.717, 1.165) is 15.8 Å². The van der Waals surface area contributed by atoms with Crippen LogP contribution in [0.5, 0.6) is 5.75 Å². The molecular weight excluding hydrogens is 460 g/mol. The van der Waals surface area contributed by atoms with E-state index in [9.17, 15) is 9.59 Å². The summed E-state index contributed by atoms with van der Waals surface area (Å²) in [5.74, 6) is 0.0425. The lowest BCUT2D eigenvalue weighted by Crippen LogP contribution is -2.05. The Labute approximate surface area is 187 Å². The number of carbonyl (C=O) groups excluding carboxylic acids is 2. The van der Waals surface area contributed by atoms with Gasteiger partial charge in [-0.3, -0.25) is 9.20 Å². The molecule has 0 aliphatic carbocycles. The summed E-state index contributed by atoms with van der Waals surface area (Å²) in [6, 6.07) is 17.9. The van der Waals surface area contributed by atoms with E-state index in [1.807, 2.05) is 24.3 Å². The van der Waals surface area contributed by atoms with E-state index >= 15 is 0 Å². The van der Waals surface area contributed by atoms with E-state index in [1.165, 1.54) is 0 Å². The Morgan fingerprint density at radius 1 is 1.03 bits per heavy atom. The summed E-state index contributed by atoms with van der Waals surface area (Å²) in [4.78, 5) is 30.3. The first-order valence-corrected chi connectivity index (χ1v) is 10.4. The number of ether oxygens (including phenoxy) is 2. The van der Waals surface area contributed by atoms with E-state index in [0.29, 0.717) is 28.0 Å². The zero-order valence-electron chi connectivity index (χ0n) is 17.0. The second-order valence-corrected chi connectivity index (χ2v) is 7.67. The van der Waals surface area contributed by atoms with Gasteiger partial charge in [-0.15, -0.1) is 0 Å². The molecule has 0 aliphatic rings. The predicted octanol–water partition coefficient (Wildman–Crippen LogP) is 5.18. The lowest BCUT2D eigenvalue weighted by Gasteiger charge is -2.07. The molecule has 156 valence electrons. The Bertz CT molecular complexity index is 1260. The Morgan fingerprint density at radius 2 is 1.74 bits per heavy atom. The van der Waals surface area contributed by atoms with E-state index in [2.05, 4.69) is 20.9 Å². The van der Waals surface area contributed by atoms with Crippen LogP contribution in [0.2, 0.25) is 0 Å². The van der Waals surface area contributed by atoms with Crippen molar-refractivity contribution < 1.29 is 19.1 Å². The van der Waals surface area contributed by atoms with Crippen molar-refractivity contribution in [3.8, 4) is 17.0 Å². The van der Waals surface area contributed by atoms with Crippen LogP contribution in [0, 0.1) is 0 Å². The molecule has 0 atom stereocenters. The SMILES string of the molecule is CCOC(=O)c1cc(C(=O)c2ccc(Br)cc2)n2cnc(-c3ccc(OC)cc3)cc12. The second kappa shape index (κ2) is 8.73. The summed E-state index contributed by atoms with van der Waals surface area (Å²) in [5.41, 5.74) is 3.26. The van der Waals surface area contributed by atoms with Gasteiger partial charge in [0.2, 0.25) is 5.78 Å². The molecule has 0 unspecified atom stereocenters. The number of fused-ring (bicyclic) bond motifs is 1. The van der Waals surface area contributed by atoms with Gasteiger partial charge in [-0.1, -0.05) is 15.9 Å². The largest absolute Gasteiger partial charge is 0.497 e. The Morgan fingerprint density at radius 3 is 2.39 bits per heavy atom. The van der Waals surface area contributed by atoms with Crippen LogP contribution in [-0.2, 0) is 4.74 Å². The van der Waals surface area contributed by atoms with Crippen molar-refractivity contribution in [3.63, 3.8) is 0 Å². The van der Waals surface area contributed by atoms with Crippen molar-refractivity contribution in [2.24, 2.45) is 0 Å². The average Bonchev–Trinajstić information content (AvgIpc) is 3.18. The summed E-state index contributed by atoms with van der Waals surface area (Å²) >= 11 is 3.37.